The SMILES string of the molecule is CCc1nn(C)c(CN2CC(C)NCC2(C)C)c1Cl. The van der Waals surface area contributed by atoms with E-state index in [2.05, 4.69) is 43.0 Å². The molecular formula is C14H25ClN4. The van der Waals surface area contributed by atoms with Gasteiger partial charge in [0, 0.05) is 38.3 Å². The van der Waals surface area contributed by atoms with Crippen LogP contribution in [0.15, 0.2) is 0 Å². The molecule has 5 heteroatoms. The van der Waals surface area contributed by atoms with Crippen molar-refractivity contribution in [2.24, 2.45) is 7.05 Å². The number of hydrogen-bond acceptors (Lipinski definition) is 3. The molecule has 1 aromatic rings. The highest BCUT2D eigenvalue weighted by Crippen LogP contribution is 2.26. The third kappa shape index (κ3) is 2.96. The molecule has 19 heavy (non-hydrogen) atoms. The van der Waals surface area contributed by atoms with Crippen molar-refractivity contribution in [2.75, 3.05) is 13.1 Å². The lowest BCUT2D eigenvalue weighted by atomic mass is 9.97. The van der Waals surface area contributed by atoms with Crippen LogP contribution in [0.1, 0.15) is 39.1 Å². The van der Waals surface area contributed by atoms with E-state index in [4.69, 9.17) is 11.6 Å². The number of hydrogen-bond donors (Lipinski definition) is 1. The summed E-state index contributed by atoms with van der Waals surface area (Å²) >= 11 is 6.45. The predicted octanol–water partition coefficient (Wildman–Crippen LogP) is 2.21. The molecule has 0 amide bonds. The zero-order valence-corrected chi connectivity index (χ0v) is 13.4. The fraction of sp³-hybridized carbons (Fsp3) is 0.786. The van der Waals surface area contributed by atoms with Gasteiger partial charge in [-0.1, -0.05) is 18.5 Å². The number of rotatable bonds is 3. The minimum absolute atomic E-state index is 0.145. The second-order valence-electron chi connectivity index (χ2n) is 6.16. The normalized spacial score (nSPS) is 23.8. The van der Waals surface area contributed by atoms with Crippen LogP contribution < -0.4 is 5.32 Å². The van der Waals surface area contributed by atoms with Gasteiger partial charge in [0.05, 0.1) is 16.4 Å². The summed E-state index contributed by atoms with van der Waals surface area (Å²) in [7, 11) is 1.99. The summed E-state index contributed by atoms with van der Waals surface area (Å²) in [6.07, 6.45) is 0.883. The molecule has 1 aromatic heterocycles. The molecule has 0 radical (unpaired) electrons. The average molecular weight is 285 g/mol. The first-order valence-electron chi connectivity index (χ1n) is 7.04. The summed E-state index contributed by atoms with van der Waals surface area (Å²) in [6.45, 7) is 11.8. The molecule has 0 bridgehead atoms. The number of piperazine rings is 1. The van der Waals surface area contributed by atoms with E-state index in [1.807, 2.05) is 11.7 Å². The summed E-state index contributed by atoms with van der Waals surface area (Å²) in [5.41, 5.74) is 2.27. The van der Waals surface area contributed by atoms with Crippen molar-refractivity contribution in [1.82, 2.24) is 20.0 Å². The van der Waals surface area contributed by atoms with Crippen molar-refractivity contribution in [2.45, 2.75) is 52.2 Å². The molecule has 0 spiro atoms. The third-order valence-electron chi connectivity index (χ3n) is 4.08. The Hall–Kier alpha value is -0.580. The first kappa shape index (κ1) is 14.8. The molecular weight excluding hydrogens is 260 g/mol. The summed E-state index contributed by atoms with van der Waals surface area (Å²) < 4.78 is 1.93. The van der Waals surface area contributed by atoms with E-state index >= 15 is 0 Å². The monoisotopic (exact) mass is 284 g/mol. The van der Waals surface area contributed by atoms with Crippen LogP contribution in [0.2, 0.25) is 5.02 Å². The van der Waals surface area contributed by atoms with Gasteiger partial charge >= 0.3 is 0 Å². The highest BCUT2D eigenvalue weighted by molar-refractivity contribution is 6.31. The van der Waals surface area contributed by atoms with Crippen LogP contribution in [-0.4, -0.2) is 39.4 Å². The molecule has 1 N–H and O–H groups in total. The summed E-state index contributed by atoms with van der Waals surface area (Å²) in [4.78, 5) is 2.50. The molecule has 1 aliphatic heterocycles. The molecule has 1 atom stereocenters. The third-order valence-corrected chi connectivity index (χ3v) is 4.51. The van der Waals surface area contributed by atoms with Crippen molar-refractivity contribution in [3.05, 3.63) is 16.4 Å². The first-order chi connectivity index (χ1) is 8.85. The van der Waals surface area contributed by atoms with Crippen LogP contribution in [0.4, 0.5) is 0 Å². The highest BCUT2D eigenvalue weighted by atomic mass is 35.5. The number of aromatic nitrogens is 2. The molecule has 1 saturated heterocycles. The molecule has 4 nitrogen and oxygen atoms in total. The molecule has 0 aromatic carbocycles. The van der Waals surface area contributed by atoms with Crippen LogP contribution in [-0.2, 0) is 20.0 Å². The Labute approximate surface area is 121 Å². The van der Waals surface area contributed by atoms with Gasteiger partial charge in [0.1, 0.15) is 0 Å². The predicted molar refractivity (Wildman–Crippen MR) is 79.5 cm³/mol. The van der Waals surface area contributed by atoms with Crippen molar-refractivity contribution >= 4 is 11.6 Å². The summed E-state index contributed by atoms with van der Waals surface area (Å²) in [6, 6.07) is 0.519. The van der Waals surface area contributed by atoms with E-state index in [-0.39, 0.29) is 5.54 Å². The highest BCUT2D eigenvalue weighted by Gasteiger charge is 2.33. The second-order valence-corrected chi connectivity index (χ2v) is 6.54. The average Bonchev–Trinajstić information content (AvgIpc) is 2.61. The van der Waals surface area contributed by atoms with E-state index in [1.54, 1.807) is 0 Å². The lowest BCUT2D eigenvalue weighted by Gasteiger charge is -2.45. The zero-order chi connectivity index (χ0) is 14.2. The number of aryl methyl sites for hydroxylation is 2. The quantitative estimate of drug-likeness (QED) is 0.924. The van der Waals surface area contributed by atoms with Crippen molar-refractivity contribution in [3.8, 4) is 0 Å². The topological polar surface area (TPSA) is 33.1 Å². The van der Waals surface area contributed by atoms with Gasteiger partial charge in [0.25, 0.3) is 0 Å². The standard InChI is InChI=1S/C14H25ClN4/c1-6-11-13(15)12(18(5)17-11)8-19-7-10(2)16-9-14(19,3)4/h10,16H,6-9H2,1-5H3. The smallest absolute Gasteiger partial charge is 0.0863 e. The molecule has 2 heterocycles. The maximum absolute atomic E-state index is 6.45. The molecule has 1 aliphatic rings. The van der Waals surface area contributed by atoms with E-state index in [0.29, 0.717) is 6.04 Å². The Morgan fingerprint density at radius 2 is 2.16 bits per heavy atom. The lowest BCUT2D eigenvalue weighted by molar-refractivity contribution is 0.0604. The second kappa shape index (κ2) is 5.43. The van der Waals surface area contributed by atoms with Crippen LogP contribution >= 0.6 is 11.6 Å². The fourth-order valence-corrected chi connectivity index (χ4v) is 2.98. The van der Waals surface area contributed by atoms with Crippen LogP contribution in [0.25, 0.3) is 0 Å². The number of nitrogens with one attached hydrogen (secondary N) is 1. The molecule has 0 saturated carbocycles. The zero-order valence-electron chi connectivity index (χ0n) is 12.6. The van der Waals surface area contributed by atoms with Gasteiger partial charge < -0.3 is 5.32 Å². The maximum atomic E-state index is 6.45. The Bertz CT molecular complexity index is 453. The Kier molecular flexibility index (Phi) is 4.23. The minimum atomic E-state index is 0.145. The molecule has 2 rings (SSSR count). The summed E-state index contributed by atoms with van der Waals surface area (Å²) in [5, 5.41) is 8.88. The molecule has 108 valence electrons. The first-order valence-corrected chi connectivity index (χ1v) is 7.41. The van der Waals surface area contributed by atoms with Crippen molar-refractivity contribution in [3.63, 3.8) is 0 Å². The fourth-order valence-electron chi connectivity index (χ4n) is 2.63. The van der Waals surface area contributed by atoms with Gasteiger partial charge in [-0.2, -0.15) is 5.10 Å². The lowest BCUT2D eigenvalue weighted by Crippen LogP contribution is -2.60. The van der Waals surface area contributed by atoms with E-state index in [9.17, 15) is 0 Å². The van der Waals surface area contributed by atoms with Gasteiger partial charge in [-0.05, 0) is 27.2 Å². The molecule has 1 unspecified atom stereocenters. The maximum Gasteiger partial charge on any atom is 0.0863 e. The largest absolute Gasteiger partial charge is 0.311 e. The number of nitrogens with zero attached hydrogens (tertiary/aromatic N) is 3. The van der Waals surface area contributed by atoms with E-state index in [0.717, 1.165) is 42.5 Å². The molecule has 1 fully saturated rings. The van der Waals surface area contributed by atoms with Crippen LogP contribution in [0.5, 0.6) is 0 Å². The van der Waals surface area contributed by atoms with Gasteiger partial charge in [-0.3, -0.25) is 9.58 Å². The van der Waals surface area contributed by atoms with Crippen molar-refractivity contribution in [1.29, 1.82) is 0 Å². The Morgan fingerprint density at radius 3 is 2.74 bits per heavy atom. The number of halogens is 1. The van der Waals surface area contributed by atoms with Gasteiger partial charge in [-0.15, -0.1) is 0 Å². The van der Waals surface area contributed by atoms with Crippen LogP contribution in [0.3, 0.4) is 0 Å². The van der Waals surface area contributed by atoms with Gasteiger partial charge in [0.15, 0.2) is 0 Å². The Balaban J connectivity index is 2.22. The van der Waals surface area contributed by atoms with Gasteiger partial charge in [-0.25, -0.2) is 0 Å². The van der Waals surface area contributed by atoms with Gasteiger partial charge in [0.2, 0.25) is 0 Å². The van der Waals surface area contributed by atoms with Crippen molar-refractivity contribution < 1.29 is 0 Å². The minimum Gasteiger partial charge on any atom is -0.311 e. The van der Waals surface area contributed by atoms with Crippen LogP contribution in [0, 0.1) is 0 Å². The van der Waals surface area contributed by atoms with E-state index < -0.39 is 0 Å². The summed E-state index contributed by atoms with van der Waals surface area (Å²) in [5.74, 6) is 0. The Morgan fingerprint density at radius 1 is 1.47 bits per heavy atom. The van der Waals surface area contributed by atoms with E-state index in [1.165, 1.54) is 0 Å². The molecule has 0 aliphatic carbocycles.